The van der Waals surface area contributed by atoms with Gasteiger partial charge in [-0.2, -0.15) is 5.26 Å². The molecule has 1 aromatic rings. The molecule has 1 fully saturated rings. The van der Waals surface area contributed by atoms with Crippen LogP contribution < -0.4 is 0 Å². The highest BCUT2D eigenvalue weighted by atomic mass is 16.5. The first-order valence-electron chi connectivity index (χ1n) is 5.70. The van der Waals surface area contributed by atoms with Crippen LogP contribution in [0.15, 0.2) is 18.2 Å². The lowest BCUT2D eigenvalue weighted by Gasteiger charge is -2.18. The Morgan fingerprint density at radius 3 is 2.75 bits per heavy atom. The minimum atomic E-state index is -0.290. The molecule has 84 valence electrons. The number of rotatable bonds is 2. The van der Waals surface area contributed by atoms with Gasteiger partial charge in [0.1, 0.15) is 0 Å². The lowest BCUT2D eigenvalue weighted by atomic mass is 9.82. The molecule has 2 rings (SSSR count). The molecule has 0 saturated carbocycles. The molecule has 0 aliphatic carbocycles. The summed E-state index contributed by atoms with van der Waals surface area (Å²) in [4.78, 5) is 0. The Morgan fingerprint density at radius 1 is 1.38 bits per heavy atom. The van der Waals surface area contributed by atoms with Crippen molar-refractivity contribution in [3.05, 3.63) is 34.9 Å². The Balaban J connectivity index is 2.20. The van der Waals surface area contributed by atoms with Crippen molar-refractivity contribution in [3.63, 3.8) is 0 Å². The zero-order valence-electron chi connectivity index (χ0n) is 9.92. The molecule has 2 heteroatoms. The smallest absolute Gasteiger partial charge is 0.0868 e. The molecule has 1 unspecified atom stereocenters. The van der Waals surface area contributed by atoms with E-state index in [0.717, 1.165) is 19.4 Å². The van der Waals surface area contributed by atoms with Crippen LogP contribution in [0, 0.1) is 30.6 Å². The van der Waals surface area contributed by atoms with E-state index in [9.17, 15) is 5.26 Å². The van der Waals surface area contributed by atoms with Gasteiger partial charge in [0.15, 0.2) is 0 Å². The predicted molar refractivity (Wildman–Crippen MR) is 63.1 cm³/mol. The van der Waals surface area contributed by atoms with Gasteiger partial charge in [-0.1, -0.05) is 18.2 Å². The highest BCUT2D eigenvalue weighted by Gasteiger charge is 2.35. The molecule has 0 spiro atoms. The van der Waals surface area contributed by atoms with Crippen LogP contribution in [0.5, 0.6) is 0 Å². The first-order valence-corrected chi connectivity index (χ1v) is 5.70. The van der Waals surface area contributed by atoms with Gasteiger partial charge in [-0.15, -0.1) is 0 Å². The fourth-order valence-electron chi connectivity index (χ4n) is 2.18. The molecule has 0 bridgehead atoms. The zero-order chi connectivity index (χ0) is 11.6. The maximum absolute atomic E-state index is 9.27. The molecule has 0 amide bonds. The summed E-state index contributed by atoms with van der Waals surface area (Å²) in [5, 5.41) is 9.27. The fraction of sp³-hybridized carbons (Fsp3) is 0.500. The Labute approximate surface area is 96.9 Å². The molecule has 16 heavy (non-hydrogen) atoms. The normalized spacial score (nSPS) is 24.3. The van der Waals surface area contributed by atoms with Gasteiger partial charge in [0.2, 0.25) is 0 Å². The first kappa shape index (κ1) is 11.2. The number of benzene rings is 1. The third-order valence-corrected chi connectivity index (χ3v) is 3.45. The highest BCUT2D eigenvalue weighted by Crippen LogP contribution is 2.32. The van der Waals surface area contributed by atoms with Crippen molar-refractivity contribution < 1.29 is 4.74 Å². The molecular formula is C14H17NO. The fourth-order valence-corrected chi connectivity index (χ4v) is 2.18. The molecule has 1 saturated heterocycles. The predicted octanol–water partition coefficient (Wildman–Crippen LogP) is 2.78. The minimum absolute atomic E-state index is 0.290. The molecule has 0 aromatic heterocycles. The number of nitriles is 1. The average molecular weight is 215 g/mol. The van der Waals surface area contributed by atoms with Crippen LogP contribution in [-0.4, -0.2) is 13.2 Å². The Bertz CT molecular complexity index is 425. The van der Waals surface area contributed by atoms with Gasteiger partial charge in [0.25, 0.3) is 0 Å². The van der Waals surface area contributed by atoms with E-state index >= 15 is 0 Å². The largest absolute Gasteiger partial charge is 0.380 e. The number of ether oxygens (including phenoxy) is 1. The van der Waals surface area contributed by atoms with Gasteiger partial charge in [0.05, 0.1) is 18.1 Å². The summed E-state index contributed by atoms with van der Waals surface area (Å²) in [7, 11) is 0. The average Bonchev–Trinajstić information content (AvgIpc) is 2.73. The second-order valence-corrected chi connectivity index (χ2v) is 4.79. The maximum atomic E-state index is 9.27. The Hall–Kier alpha value is -1.33. The first-order chi connectivity index (χ1) is 7.65. The van der Waals surface area contributed by atoms with Gasteiger partial charge in [-0.3, -0.25) is 0 Å². The van der Waals surface area contributed by atoms with Gasteiger partial charge in [-0.05, 0) is 43.4 Å². The van der Waals surface area contributed by atoms with E-state index in [4.69, 9.17) is 4.74 Å². The summed E-state index contributed by atoms with van der Waals surface area (Å²) in [5.74, 6) is 0. The molecule has 0 radical (unpaired) electrons. The van der Waals surface area contributed by atoms with E-state index in [1.807, 2.05) is 0 Å². The summed E-state index contributed by atoms with van der Waals surface area (Å²) in [6, 6.07) is 8.88. The molecule has 1 aromatic carbocycles. The zero-order valence-corrected chi connectivity index (χ0v) is 9.92. The summed E-state index contributed by atoms with van der Waals surface area (Å²) in [5.41, 5.74) is 3.55. The van der Waals surface area contributed by atoms with E-state index in [0.29, 0.717) is 6.61 Å². The third-order valence-electron chi connectivity index (χ3n) is 3.45. The number of hydrogen-bond donors (Lipinski definition) is 0. The summed E-state index contributed by atoms with van der Waals surface area (Å²) in [6.07, 6.45) is 1.67. The van der Waals surface area contributed by atoms with Crippen molar-refractivity contribution >= 4 is 0 Å². The van der Waals surface area contributed by atoms with E-state index < -0.39 is 0 Å². The van der Waals surface area contributed by atoms with Crippen LogP contribution in [0.1, 0.15) is 23.1 Å². The second kappa shape index (κ2) is 4.27. The second-order valence-electron chi connectivity index (χ2n) is 4.79. The standard InChI is InChI=1S/C14H17NO/c1-11-3-4-13(7-12(11)2)8-14(9-15)5-6-16-10-14/h3-4,7H,5-6,8,10H2,1-2H3. The van der Waals surface area contributed by atoms with Crippen LogP contribution in [0.4, 0.5) is 0 Å². The van der Waals surface area contributed by atoms with E-state index in [2.05, 4.69) is 38.1 Å². The minimum Gasteiger partial charge on any atom is -0.380 e. The van der Waals surface area contributed by atoms with Crippen molar-refractivity contribution in [3.8, 4) is 6.07 Å². The van der Waals surface area contributed by atoms with E-state index in [1.54, 1.807) is 0 Å². The van der Waals surface area contributed by atoms with Crippen LogP contribution >= 0.6 is 0 Å². The number of hydrogen-bond acceptors (Lipinski definition) is 2. The number of nitrogens with zero attached hydrogens (tertiary/aromatic N) is 1. The highest BCUT2D eigenvalue weighted by molar-refractivity contribution is 5.31. The van der Waals surface area contributed by atoms with Crippen molar-refractivity contribution in [1.82, 2.24) is 0 Å². The summed E-state index contributed by atoms with van der Waals surface area (Å²) in [6.45, 7) is 5.52. The van der Waals surface area contributed by atoms with Crippen LogP contribution in [0.3, 0.4) is 0 Å². The Kier molecular flexibility index (Phi) is 2.98. The van der Waals surface area contributed by atoms with Crippen molar-refractivity contribution in [1.29, 1.82) is 5.26 Å². The van der Waals surface area contributed by atoms with Crippen molar-refractivity contribution in [2.45, 2.75) is 26.7 Å². The third kappa shape index (κ3) is 2.10. The van der Waals surface area contributed by atoms with Gasteiger partial charge < -0.3 is 4.74 Å². The molecular weight excluding hydrogens is 198 g/mol. The summed E-state index contributed by atoms with van der Waals surface area (Å²) < 4.78 is 5.36. The van der Waals surface area contributed by atoms with Gasteiger partial charge in [0, 0.05) is 6.61 Å². The number of aryl methyl sites for hydroxylation is 2. The monoisotopic (exact) mass is 215 g/mol. The lowest BCUT2D eigenvalue weighted by Crippen LogP contribution is -2.21. The van der Waals surface area contributed by atoms with Crippen LogP contribution in [0.25, 0.3) is 0 Å². The van der Waals surface area contributed by atoms with E-state index in [1.165, 1.54) is 16.7 Å². The SMILES string of the molecule is Cc1ccc(CC2(C#N)CCOC2)cc1C. The molecule has 1 atom stereocenters. The topological polar surface area (TPSA) is 33.0 Å². The van der Waals surface area contributed by atoms with E-state index in [-0.39, 0.29) is 5.41 Å². The van der Waals surface area contributed by atoms with Crippen molar-refractivity contribution in [2.24, 2.45) is 5.41 Å². The Morgan fingerprint density at radius 2 is 2.19 bits per heavy atom. The molecule has 2 nitrogen and oxygen atoms in total. The molecule has 0 N–H and O–H groups in total. The molecule has 1 aliphatic rings. The van der Waals surface area contributed by atoms with Crippen molar-refractivity contribution in [2.75, 3.05) is 13.2 Å². The maximum Gasteiger partial charge on any atom is 0.0868 e. The molecule has 1 aliphatic heterocycles. The lowest BCUT2D eigenvalue weighted by molar-refractivity contribution is 0.171. The van der Waals surface area contributed by atoms with Gasteiger partial charge in [-0.25, -0.2) is 0 Å². The summed E-state index contributed by atoms with van der Waals surface area (Å²) >= 11 is 0. The van der Waals surface area contributed by atoms with Crippen LogP contribution in [-0.2, 0) is 11.2 Å². The quantitative estimate of drug-likeness (QED) is 0.760. The van der Waals surface area contributed by atoms with Gasteiger partial charge >= 0.3 is 0 Å². The molecule has 1 heterocycles. The van der Waals surface area contributed by atoms with Crippen LogP contribution in [0.2, 0.25) is 0 Å².